The van der Waals surface area contributed by atoms with Crippen LogP contribution in [-0.4, -0.2) is 25.0 Å². The summed E-state index contributed by atoms with van der Waals surface area (Å²) >= 11 is 3.53. The summed E-state index contributed by atoms with van der Waals surface area (Å²) in [6, 6.07) is 14.2. The van der Waals surface area contributed by atoms with Crippen molar-refractivity contribution in [1.29, 1.82) is 0 Å². The fourth-order valence-electron chi connectivity index (χ4n) is 3.94. The van der Waals surface area contributed by atoms with Crippen LogP contribution in [0.5, 0.6) is 5.75 Å². The van der Waals surface area contributed by atoms with Gasteiger partial charge in [-0.1, -0.05) is 40.2 Å². The van der Waals surface area contributed by atoms with Crippen LogP contribution >= 0.6 is 15.9 Å². The molecule has 0 atom stereocenters. The summed E-state index contributed by atoms with van der Waals surface area (Å²) in [7, 11) is 1.51. The molecule has 1 saturated heterocycles. The first-order chi connectivity index (χ1) is 16.7. The van der Waals surface area contributed by atoms with Crippen molar-refractivity contribution < 1.29 is 23.5 Å². The standard InChI is InChI=1S/C27H22BrFN2O4/c1-15-6-4-9-23(16(15)2)31-26(33)21(25(32)30-27(31)34)12-18-13-22(28)20(24(14-18)35-3)11-17-7-5-8-19(29)10-17/h4-10,12-14H,11H2,1-3H3,(H,30,32,34)/b21-12+. The number of halogens is 2. The normalized spacial score (nSPS) is 14.9. The molecular formula is C27H22BrFN2O4. The van der Waals surface area contributed by atoms with Crippen molar-refractivity contribution in [2.45, 2.75) is 20.3 Å². The predicted molar refractivity (Wildman–Crippen MR) is 135 cm³/mol. The van der Waals surface area contributed by atoms with E-state index in [9.17, 15) is 18.8 Å². The lowest BCUT2D eigenvalue weighted by molar-refractivity contribution is -0.122. The van der Waals surface area contributed by atoms with Crippen molar-refractivity contribution in [3.63, 3.8) is 0 Å². The second kappa shape index (κ2) is 9.84. The fourth-order valence-corrected chi connectivity index (χ4v) is 4.54. The van der Waals surface area contributed by atoms with Crippen LogP contribution in [0.2, 0.25) is 0 Å². The third-order valence-electron chi connectivity index (χ3n) is 5.90. The second-order valence-corrected chi connectivity index (χ2v) is 9.02. The highest BCUT2D eigenvalue weighted by molar-refractivity contribution is 9.10. The van der Waals surface area contributed by atoms with E-state index >= 15 is 0 Å². The van der Waals surface area contributed by atoms with E-state index in [-0.39, 0.29) is 11.4 Å². The van der Waals surface area contributed by atoms with Crippen molar-refractivity contribution in [3.05, 3.63) is 98.3 Å². The van der Waals surface area contributed by atoms with Crippen molar-refractivity contribution >= 4 is 45.5 Å². The Kier molecular flexibility index (Phi) is 6.84. The number of methoxy groups -OCH3 is 1. The largest absolute Gasteiger partial charge is 0.496 e. The molecule has 0 unspecified atom stereocenters. The van der Waals surface area contributed by atoms with Crippen molar-refractivity contribution in [3.8, 4) is 5.75 Å². The number of rotatable bonds is 5. The molecule has 4 amide bonds. The summed E-state index contributed by atoms with van der Waals surface area (Å²) < 4.78 is 19.8. The minimum Gasteiger partial charge on any atom is -0.496 e. The van der Waals surface area contributed by atoms with Crippen LogP contribution in [0.4, 0.5) is 14.9 Å². The topological polar surface area (TPSA) is 75.7 Å². The number of hydrogen-bond donors (Lipinski definition) is 1. The number of ether oxygens (including phenoxy) is 1. The van der Waals surface area contributed by atoms with E-state index in [2.05, 4.69) is 21.2 Å². The van der Waals surface area contributed by atoms with Gasteiger partial charge in [-0.25, -0.2) is 14.1 Å². The Morgan fingerprint density at radius 3 is 2.51 bits per heavy atom. The number of nitrogens with zero attached hydrogens (tertiary/aromatic N) is 1. The summed E-state index contributed by atoms with van der Waals surface area (Å²) in [5.74, 6) is -1.32. The lowest BCUT2D eigenvalue weighted by Crippen LogP contribution is -2.54. The molecule has 3 aromatic rings. The van der Waals surface area contributed by atoms with E-state index < -0.39 is 17.8 Å². The number of urea groups is 1. The third kappa shape index (κ3) is 4.88. The maximum Gasteiger partial charge on any atom is 0.335 e. The molecule has 0 aromatic heterocycles. The maximum absolute atomic E-state index is 13.6. The van der Waals surface area contributed by atoms with Gasteiger partial charge in [-0.3, -0.25) is 14.9 Å². The fraction of sp³-hybridized carbons (Fsp3) is 0.148. The van der Waals surface area contributed by atoms with E-state index in [0.29, 0.717) is 27.9 Å². The number of imide groups is 2. The van der Waals surface area contributed by atoms with Gasteiger partial charge in [-0.2, -0.15) is 0 Å². The molecule has 35 heavy (non-hydrogen) atoms. The van der Waals surface area contributed by atoms with Gasteiger partial charge in [0.15, 0.2) is 0 Å². The zero-order valence-electron chi connectivity index (χ0n) is 19.3. The zero-order chi connectivity index (χ0) is 25.3. The number of barbiturate groups is 1. The van der Waals surface area contributed by atoms with Crippen molar-refractivity contribution in [2.75, 3.05) is 12.0 Å². The first kappa shape index (κ1) is 24.3. The second-order valence-electron chi connectivity index (χ2n) is 8.17. The smallest absolute Gasteiger partial charge is 0.335 e. The summed E-state index contributed by atoms with van der Waals surface area (Å²) in [6.45, 7) is 3.69. The number of hydrogen-bond acceptors (Lipinski definition) is 4. The van der Waals surface area contributed by atoms with E-state index in [1.807, 2.05) is 26.0 Å². The molecule has 1 N–H and O–H groups in total. The van der Waals surface area contributed by atoms with Gasteiger partial charge in [0, 0.05) is 16.5 Å². The van der Waals surface area contributed by atoms with Crippen LogP contribution in [0.25, 0.3) is 6.08 Å². The van der Waals surface area contributed by atoms with Crippen LogP contribution in [0.15, 0.2) is 64.6 Å². The van der Waals surface area contributed by atoms with Crippen molar-refractivity contribution in [1.82, 2.24) is 5.32 Å². The SMILES string of the molecule is COc1cc(/C=C2\C(=O)NC(=O)N(c3cccc(C)c3C)C2=O)cc(Br)c1Cc1cccc(F)c1. The molecule has 178 valence electrons. The molecule has 4 rings (SSSR count). The van der Waals surface area contributed by atoms with Crippen LogP contribution < -0.4 is 15.0 Å². The quantitative estimate of drug-likeness (QED) is 0.346. The zero-order valence-corrected chi connectivity index (χ0v) is 20.9. The molecule has 0 saturated carbocycles. The van der Waals surface area contributed by atoms with Gasteiger partial charge in [0.1, 0.15) is 17.1 Å². The monoisotopic (exact) mass is 536 g/mol. The Bertz CT molecular complexity index is 1400. The Morgan fingerprint density at radius 2 is 1.80 bits per heavy atom. The van der Waals surface area contributed by atoms with Gasteiger partial charge in [0.2, 0.25) is 0 Å². The van der Waals surface area contributed by atoms with Gasteiger partial charge in [-0.15, -0.1) is 0 Å². The minimum atomic E-state index is -0.796. The molecule has 0 bridgehead atoms. The highest BCUT2D eigenvalue weighted by Crippen LogP contribution is 2.33. The number of amides is 4. The lowest BCUT2D eigenvalue weighted by atomic mass is 10.00. The summed E-state index contributed by atoms with van der Waals surface area (Å²) in [4.78, 5) is 39.4. The third-order valence-corrected chi connectivity index (χ3v) is 6.60. The molecule has 0 spiro atoms. The Labute approximate surface area is 210 Å². The van der Waals surface area contributed by atoms with Gasteiger partial charge >= 0.3 is 6.03 Å². The first-order valence-electron chi connectivity index (χ1n) is 10.8. The van der Waals surface area contributed by atoms with Gasteiger partial charge in [0.25, 0.3) is 11.8 Å². The number of nitrogens with one attached hydrogen (secondary N) is 1. The molecule has 1 aliphatic rings. The molecule has 1 fully saturated rings. The van der Waals surface area contributed by atoms with E-state index in [1.165, 1.54) is 25.3 Å². The molecule has 6 nitrogen and oxygen atoms in total. The molecule has 0 aliphatic carbocycles. The average molecular weight is 537 g/mol. The van der Waals surface area contributed by atoms with Gasteiger partial charge in [-0.05, 0) is 72.5 Å². The average Bonchev–Trinajstić information content (AvgIpc) is 2.81. The minimum absolute atomic E-state index is 0.183. The summed E-state index contributed by atoms with van der Waals surface area (Å²) in [5.41, 5.74) is 3.97. The Hall–Kier alpha value is -3.78. The van der Waals surface area contributed by atoms with Crippen LogP contribution in [-0.2, 0) is 16.0 Å². The van der Waals surface area contributed by atoms with Crippen LogP contribution in [0.3, 0.4) is 0 Å². The van der Waals surface area contributed by atoms with E-state index in [1.54, 1.807) is 30.3 Å². The van der Waals surface area contributed by atoms with Crippen molar-refractivity contribution in [2.24, 2.45) is 0 Å². The number of anilines is 1. The number of aryl methyl sites for hydroxylation is 1. The van der Waals surface area contributed by atoms with E-state index in [0.717, 1.165) is 27.2 Å². The summed E-state index contributed by atoms with van der Waals surface area (Å²) in [5, 5.41) is 2.25. The number of benzene rings is 3. The maximum atomic E-state index is 13.6. The molecule has 0 radical (unpaired) electrons. The Morgan fingerprint density at radius 1 is 1.06 bits per heavy atom. The highest BCUT2D eigenvalue weighted by atomic mass is 79.9. The number of carbonyl (C=O) groups excluding carboxylic acids is 3. The van der Waals surface area contributed by atoms with Gasteiger partial charge in [0.05, 0.1) is 12.8 Å². The Balaban J connectivity index is 1.72. The first-order valence-corrected chi connectivity index (χ1v) is 11.6. The van der Waals surface area contributed by atoms with Crippen LogP contribution in [0.1, 0.15) is 27.8 Å². The number of carbonyl (C=O) groups is 3. The molecule has 8 heteroatoms. The summed E-state index contributed by atoms with van der Waals surface area (Å²) in [6.07, 6.45) is 1.83. The van der Waals surface area contributed by atoms with Crippen LogP contribution in [0, 0.1) is 19.7 Å². The van der Waals surface area contributed by atoms with E-state index in [4.69, 9.17) is 4.74 Å². The lowest BCUT2D eigenvalue weighted by Gasteiger charge is -2.28. The molecule has 1 aliphatic heterocycles. The van der Waals surface area contributed by atoms with Gasteiger partial charge < -0.3 is 4.74 Å². The predicted octanol–water partition coefficient (Wildman–Crippen LogP) is 5.47. The highest BCUT2D eigenvalue weighted by Gasteiger charge is 2.37. The molecular weight excluding hydrogens is 515 g/mol. The molecule has 3 aromatic carbocycles. The molecule has 1 heterocycles.